The Morgan fingerprint density at radius 2 is 1.62 bits per heavy atom. The van der Waals surface area contributed by atoms with Gasteiger partial charge in [0.05, 0.1) is 13.2 Å². The number of ether oxygens (including phenoxy) is 3. The highest BCUT2D eigenvalue weighted by molar-refractivity contribution is 5.38. The predicted octanol–water partition coefficient (Wildman–Crippen LogP) is 3.64. The van der Waals surface area contributed by atoms with Crippen molar-refractivity contribution in [2.75, 3.05) is 13.7 Å². The van der Waals surface area contributed by atoms with E-state index in [9.17, 15) is 5.11 Å². The third-order valence-corrected chi connectivity index (χ3v) is 3.01. The summed E-state index contributed by atoms with van der Waals surface area (Å²) in [6, 6.07) is 14.7. The van der Waals surface area contributed by atoms with Gasteiger partial charge in [0.2, 0.25) is 0 Å². The van der Waals surface area contributed by atoms with Gasteiger partial charge in [-0.3, -0.25) is 0 Å². The summed E-state index contributed by atoms with van der Waals surface area (Å²) in [5.74, 6) is 2.89. The molecule has 0 heterocycles. The van der Waals surface area contributed by atoms with Crippen LogP contribution in [0.1, 0.15) is 13.3 Å². The molecule has 2 rings (SSSR count). The van der Waals surface area contributed by atoms with E-state index in [2.05, 4.69) is 0 Å². The van der Waals surface area contributed by atoms with Crippen LogP contribution in [0.15, 0.2) is 48.5 Å². The summed E-state index contributed by atoms with van der Waals surface area (Å²) >= 11 is 0. The predicted molar refractivity (Wildman–Crippen MR) is 81.3 cm³/mol. The molecule has 0 aromatic heterocycles. The minimum absolute atomic E-state index is 0.298. The van der Waals surface area contributed by atoms with E-state index in [1.807, 2.05) is 55.5 Å². The van der Waals surface area contributed by atoms with Crippen molar-refractivity contribution in [2.24, 2.45) is 0 Å². The number of rotatable bonds is 7. The number of aliphatic hydroxyl groups excluding tert-OH is 1. The van der Waals surface area contributed by atoms with Crippen LogP contribution in [0.2, 0.25) is 0 Å². The van der Waals surface area contributed by atoms with E-state index in [1.54, 1.807) is 7.11 Å². The standard InChI is InChI=1S/C17H20O4/c1-3-13(18)12-20-14-7-9-15(10-8-14)21-17-6-4-5-16(11-17)19-2/h4-11,13,18H,3,12H2,1-2H3. The van der Waals surface area contributed by atoms with Gasteiger partial charge in [-0.15, -0.1) is 0 Å². The highest BCUT2D eigenvalue weighted by atomic mass is 16.5. The fourth-order valence-corrected chi connectivity index (χ4v) is 1.71. The lowest BCUT2D eigenvalue weighted by molar-refractivity contribution is 0.104. The number of hydrogen-bond acceptors (Lipinski definition) is 4. The molecule has 0 bridgehead atoms. The maximum atomic E-state index is 9.46. The van der Waals surface area contributed by atoms with Gasteiger partial charge < -0.3 is 19.3 Å². The number of aliphatic hydroxyl groups is 1. The average Bonchev–Trinajstić information content (AvgIpc) is 2.54. The molecule has 2 aromatic rings. The molecular formula is C17H20O4. The Bertz CT molecular complexity index is 551. The minimum atomic E-state index is -0.433. The highest BCUT2D eigenvalue weighted by Crippen LogP contribution is 2.26. The second kappa shape index (κ2) is 7.55. The molecule has 0 spiro atoms. The van der Waals surface area contributed by atoms with E-state index in [4.69, 9.17) is 14.2 Å². The van der Waals surface area contributed by atoms with Crippen molar-refractivity contribution in [3.63, 3.8) is 0 Å². The summed E-state index contributed by atoms with van der Waals surface area (Å²) in [6.45, 7) is 2.21. The number of methoxy groups -OCH3 is 1. The fraction of sp³-hybridized carbons (Fsp3) is 0.294. The molecule has 0 saturated carbocycles. The van der Waals surface area contributed by atoms with Crippen LogP contribution in [0.25, 0.3) is 0 Å². The Labute approximate surface area is 124 Å². The van der Waals surface area contributed by atoms with Crippen molar-refractivity contribution in [1.29, 1.82) is 0 Å². The van der Waals surface area contributed by atoms with Crippen LogP contribution < -0.4 is 14.2 Å². The van der Waals surface area contributed by atoms with Crippen LogP contribution in [-0.2, 0) is 0 Å². The zero-order valence-corrected chi connectivity index (χ0v) is 12.3. The molecule has 4 heteroatoms. The van der Waals surface area contributed by atoms with Gasteiger partial charge in [0, 0.05) is 6.07 Å². The first-order valence-electron chi connectivity index (χ1n) is 6.94. The molecule has 0 amide bonds. The number of hydrogen-bond donors (Lipinski definition) is 1. The molecule has 0 fully saturated rings. The molecule has 0 radical (unpaired) electrons. The SMILES string of the molecule is CCC(O)COc1ccc(Oc2cccc(OC)c2)cc1. The van der Waals surface area contributed by atoms with Crippen LogP contribution in [-0.4, -0.2) is 24.9 Å². The molecule has 4 nitrogen and oxygen atoms in total. The second-order valence-corrected chi connectivity index (χ2v) is 4.63. The van der Waals surface area contributed by atoms with Crippen molar-refractivity contribution in [3.8, 4) is 23.0 Å². The largest absolute Gasteiger partial charge is 0.497 e. The van der Waals surface area contributed by atoms with Crippen molar-refractivity contribution < 1.29 is 19.3 Å². The zero-order chi connectivity index (χ0) is 15.1. The maximum absolute atomic E-state index is 9.46. The molecule has 2 aromatic carbocycles. The van der Waals surface area contributed by atoms with E-state index in [0.717, 1.165) is 5.75 Å². The van der Waals surface area contributed by atoms with E-state index in [1.165, 1.54) is 0 Å². The molecule has 0 aliphatic rings. The summed E-state index contributed by atoms with van der Waals surface area (Å²) in [7, 11) is 1.62. The lowest BCUT2D eigenvalue weighted by Gasteiger charge is -2.11. The molecule has 21 heavy (non-hydrogen) atoms. The molecule has 1 unspecified atom stereocenters. The van der Waals surface area contributed by atoms with Crippen LogP contribution in [0, 0.1) is 0 Å². The molecule has 1 atom stereocenters. The lowest BCUT2D eigenvalue weighted by atomic mass is 10.3. The first kappa shape index (κ1) is 15.2. The van der Waals surface area contributed by atoms with Crippen molar-refractivity contribution in [3.05, 3.63) is 48.5 Å². The molecular weight excluding hydrogens is 268 g/mol. The van der Waals surface area contributed by atoms with Crippen molar-refractivity contribution >= 4 is 0 Å². The van der Waals surface area contributed by atoms with Gasteiger partial charge in [0.25, 0.3) is 0 Å². The Morgan fingerprint density at radius 3 is 2.29 bits per heavy atom. The lowest BCUT2D eigenvalue weighted by Crippen LogP contribution is -2.15. The molecule has 0 saturated heterocycles. The van der Waals surface area contributed by atoms with Gasteiger partial charge in [-0.1, -0.05) is 13.0 Å². The second-order valence-electron chi connectivity index (χ2n) is 4.63. The molecule has 1 N–H and O–H groups in total. The average molecular weight is 288 g/mol. The Balaban J connectivity index is 1.95. The van der Waals surface area contributed by atoms with E-state index >= 15 is 0 Å². The van der Waals surface area contributed by atoms with E-state index in [-0.39, 0.29) is 0 Å². The van der Waals surface area contributed by atoms with Crippen LogP contribution >= 0.6 is 0 Å². The van der Waals surface area contributed by atoms with Gasteiger partial charge in [-0.2, -0.15) is 0 Å². The molecule has 0 aliphatic heterocycles. The Morgan fingerprint density at radius 1 is 0.952 bits per heavy atom. The first-order chi connectivity index (χ1) is 10.2. The van der Waals surface area contributed by atoms with Crippen LogP contribution in [0.4, 0.5) is 0 Å². The van der Waals surface area contributed by atoms with Crippen molar-refractivity contribution in [2.45, 2.75) is 19.4 Å². The van der Waals surface area contributed by atoms with Gasteiger partial charge >= 0.3 is 0 Å². The monoisotopic (exact) mass is 288 g/mol. The summed E-state index contributed by atoms with van der Waals surface area (Å²) < 4.78 is 16.4. The van der Waals surface area contributed by atoms with Gasteiger partial charge in [-0.25, -0.2) is 0 Å². The third kappa shape index (κ3) is 4.68. The van der Waals surface area contributed by atoms with E-state index in [0.29, 0.717) is 30.3 Å². The summed E-state index contributed by atoms with van der Waals surface area (Å²) in [4.78, 5) is 0. The normalized spacial score (nSPS) is 11.8. The third-order valence-electron chi connectivity index (χ3n) is 3.01. The maximum Gasteiger partial charge on any atom is 0.131 e. The molecule has 0 aliphatic carbocycles. The summed E-state index contributed by atoms with van der Waals surface area (Å²) in [5, 5.41) is 9.46. The van der Waals surface area contributed by atoms with Gasteiger partial charge in [0.1, 0.15) is 29.6 Å². The molecule has 112 valence electrons. The van der Waals surface area contributed by atoms with Gasteiger partial charge in [0.15, 0.2) is 0 Å². The zero-order valence-electron chi connectivity index (χ0n) is 12.3. The topological polar surface area (TPSA) is 47.9 Å². The highest BCUT2D eigenvalue weighted by Gasteiger charge is 2.03. The smallest absolute Gasteiger partial charge is 0.131 e. The van der Waals surface area contributed by atoms with Crippen molar-refractivity contribution in [1.82, 2.24) is 0 Å². The fourth-order valence-electron chi connectivity index (χ4n) is 1.71. The quantitative estimate of drug-likeness (QED) is 0.845. The summed E-state index contributed by atoms with van der Waals surface area (Å²) in [6.07, 6.45) is 0.245. The van der Waals surface area contributed by atoms with Gasteiger partial charge in [-0.05, 0) is 42.8 Å². The Hall–Kier alpha value is -2.20. The first-order valence-corrected chi connectivity index (χ1v) is 6.94. The Kier molecular flexibility index (Phi) is 5.46. The van der Waals surface area contributed by atoms with E-state index < -0.39 is 6.10 Å². The van der Waals surface area contributed by atoms with Crippen LogP contribution in [0.5, 0.6) is 23.0 Å². The number of benzene rings is 2. The van der Waals surface area contributed by atoms with Crippen LogP contribution in [0.3, 0.4) is 0 Å². The minimum Gasteiger partial charge on any atom is -0.497 e. The summed E-state index contributed by atoms with van der Waals surface area (Å²) in [5.41, 5.74) is 0.